The molecule has 0 aromatic carbocycles. The molecule has 0 unspecified atom stereocenters. The highest BCUT2D eigenvalue weighted by Crippen LogP contribution is 2.21. The summed E-state index contributed by atoms with van der Waals surface area (Å²) < 4.78 is 26.2. The highest BCUT2D eigenvalue weighted by molar-refractivity contribution is 5.10. The van der Waals surface area contributed by atoms with Crippen LogP contribution >= 0.6 is 0 Å². The maximum Gasteiger partial charge on any atom is 0.282 e. The van der Waals surface area contributed by atoms with Gasteiger partial charge in [0, 0.05) is 6.54 Å². The average Bonchev–Trinajstić information content (AvgIpc) is 2.57. The first-order chi connectivity index (χ1) is 6.70. The van der Waals surface area contributed by atoms with Gasteiger partial charge >= 0.3 is 0 Å². The first-order valence-corrected chi connectivity index (χ1v) is 4.52. The Morgan fingerprint density at radius 2 is 2.21 bits per heavy atom. The van der Waals surface area contributed by atoms with Crippen molar-refractivity contribution in [2.24, 2.45) is 0 Å². The van der Waals surface area contributed by atoms with Gasteiger partial charge in [-0.1, -0.05) is 18.6 Å². The molecule has 0 aliphatic rings. The van der Waals surface area contributed by atoms with E-state index in [4.69, 9.17) is 5.11 Å². The zero-order valence-corrected chi connectivity index (χ0v) is 7.95. The Bertz CT molecular complexity index is 288. The molecule has 80 valence electrons. The van der Waals surface area contributed by atoms with Crippen molar-refractivity contribution in [1.82, 2.24) is 15.0 Å². The molecule has 14 heavy (non-hydrogen) atoms. The van der Waals surface area contributed by atoms with Crippen LogP contribution in [-0.4, -0.2) is 20.1 Å². The van der Waals surface area contributed by atoms with Gasteiger partial charge in [-0.25, -0.2) is 13.5 Å². The first-order valence-electron chi connectivity index (χ1n) is 4.52. The lowest BCUT2D eigenvalue weighted by molar-refractivity contribution is 0.134. The highest BCUT2D eigenvalue weighted by atomic mass is 19.3. The van der Waals surface area contributed by atoms with Gasteiger partial charge in [0.15, 0.2) is 0 Å². The predicted molar refractivity (Wildman–Crippen MR) is 45.8 cm³/mol. The summed E-state index contributed by atoms with van der Waals surface area (Å²) in [5.74, 6) is 0. The normalized spacial score (nSPS) is 11.2. The molecule has 4 nitrogen and oxygen atoms in total. The van der Waals surface area contributed by atoms with E-state index in [9.17, 15) is 8.78 Å². The molecule has 0 spiro atoms. The maximum absolute atomic E-state index is 12.5. The molecule has 1 heterocycles. The number of aliphatic hydroxyl groups excluding tert-OH is 1. The third kappa shape index (κ3) is 2.25. The Hall–Kier alpha value is -1.04. The molecule has 1 aromatic heterocycles. The fourth-order valence-electron chi connectivity index (χ4n) is 1.18. The summed E-state index contributed by atoms with van der Waals surface area (Å²) in [6.45, 7) is 1.89. The molecule has 0 aliphatic carbocycles. The smallest absolute Gasteiger partial charge is 0.282 e. The third-order valence-electron chi connectivity index (χ3n) is 1.93. The number of rotatable bonds is 5. The van der Waals surface area contributed by atoms with Gasteiger partial charge in [0.25, 0.3) is 6.43 Å². The Morgan fingerprint density at radius 3 is 2.71 bits per heavy atom. The van der Waals surface area contributed by atoms with Crippen LogP contribution in [0.5, 0.6) is 0 Å². The average molecular weight is 205 g/mol. The van der Waals surface area contributed by atoms with Gasteiger partial charge in [-0.15, -0.1) is 5.10 Å². The SMILES string of the molecule is CCCCn1nnc(CO)c1C(F)F. The van der Waals surface area contributed by atoms with Gasteiger partial charge in [-0.2, -0.15) is 0 Å². The van der Waals surface area contributed by atoms with Crippen LogP contribution in [0.2, 0.25) is 0 Å². The van der Waals surface area contributed by atoms with Crippen molar-refractivity contribution >= 4 is 0 Å². The van der Waals surface area contributed by atoms with Crippen LogP contribution in [0.3, 0.4) is 0 Å². The number of hydrogen-bond acceptors (Lipinski definition) is 3. The van der Waals surface area contributed by atoms with Crippen LogP contribution in [0.1, 0.15) is 37.6 Å². The minimum absolute atomic E-state index is 0.0314. The molecule has 1 N–H and O–H groups in total. The second-order valence-electron chi connectivity index (χ2n) is 2.96. The summed E-state index contributed by atoms with van der Waals surface area (Å²) in [6, 6.07) is 0. The summed E-state index contributed by atoms with van der Waals surface area (Å²) >= 11 is 0. The zero-order chi connectivity index (χ0) is 10.6. The fraction of sp³-hybridized carbons (Fsp3) is 0.750. The van der Waals surface area contributed by atoms with Gasteiger partial charge in [-0.05, 0) is 6.42 Å². The fourth-order valence-corrected chi connectivity index (χ4v) is 1.18. The number of unbranched alkanes of at least 4 members (excludes halogenated alkanes) is 1. The molecule has 6 heteroatoms. The number of aliphatic hydroxyl groups is 1. The van der Waals surface area contributed by atoms with Crippen LogP contribution in [0.4, 0.5) is 8.78 Å². The number of hydrogen-bond donors (Lipinski definition) is 1. The van der Waals surface area contributed by atoms with Crippen LogP contribution < -0.4 is 0 Å². The van der Waals surface area contributed by atoms with Gasteiger partial charge in [0.1, 0.15) is 11.4 Å². The van der Waals surface area contributed by atoms with Crippen molar-refractivity contribution < 1.29 is 13.9 Å². The van der Waals surface area contributed by atoms with Crippen molar-refractivity contribution in [2.75, 3.05) is 0 Å². The van der Waals surface area contributed by atoms with E-state index in [0.717, 1.165) is 12.8 Å². The van der Waals surface area contributed by atoms with E-state index in [1.807, 2.05) is 6.92 Å². The van der Waals surface area contributed by atoms with E-state index < -0.39 is 13.0 Å². The molecule has 0 bridgehead atoms. The molecule has 0 fully saturated rings. The molecule has 0 saturated heterocycles. The van der Waals surface area contributed by atoms with Gasteiger partial charge in [-0.3, -0.25) is 0 Å². The second-order valence-corrected chi connectivity index (χ2v) is 2.96. The zero-order valence-electron chi connectivity index (χ0n) is 7.95. The summed E-state index contributed by atoms with van der Waals surface area (Å²) in [6.07, 6.45) is -0.964. The summed E-state index contributed by atoms with van der Waals surface area (Å²) in [5.41, 5.74) is -0.294. The van der Waals surface area contributed by atoms with Crippen molar-refractivity contribution in [3.63, 3.8) is 0 Å². The Labute approximate surface area is 80.5 Å². The van der Waals surface area contributed by atoms with E-state index in [1.165, 1.54) is 4.68 Å². The Balaban J connectivity index is 2.87. The quantitative estimate of drug-likeness (QED) is 0.792. The van der Waals surface area contributed by atoms with E-state index in [2.05, 4.69) is 10.3 Å². The number of aryl methyl sites for hydroxylation is 1. The topological polar surface area (TPSA) is 50.9 Å². The lowest BCUT2D eigenvalue weighted by Gasteiger charge is -2.04. The number of aromatic nitrogens is 3. The van der Waals surface area contributed by atoms with Crippen molar-refractivity contribution in [3.05, 3.63) is 11.4 Å². The molecule has 0 saturated carbocycles. The number of nitrogens with zero attached hydrogens (tertiary/aromatic N) is 3. The Kier molecular flexibility index (Phi) is 3.94. The summed E-state index contributed by atoms with van der Waals surface area (Å²) in [4.78, 5) is 0. The predicted octanol–water partition coefficient (Wildman–Crippen LogP) is 1.51. The summed E-state index contributed by atoms with van der Waals surface area (Å²) in [7, 11) is 0. The molecule has 0 atom stereocenters. The van der Waals surface area contributed by atoms with Gasteiger partial charge in [0.2, 0.25) is 0 Å². The van der Waals surface area contributed by atoms with Crippen LogP contribution in [0.25, 0.3) is 0 Å². The number of alkyl halides is 2. The van der Waals surface area contributed by atoms with Gasteiger partial charge < -0.3 is 5.11 Å². The van der Waals surface area contributed by atoms with E-state index in [-0.39, 0.29) is 11.4 Å². The molecule has 1 aromatic rings. The first kappa shape index (κ1) is 11.0. The lowest BCUT2D eigenvalue weighted by Crippen LogP contribution is -2.06. The molecule has 0 radical (unpaired) electrons. The highest BCUT2D eigenvalue weighted by Gasteiger charge is 2.20. The second kappa shape index (κ2) is 4.99. The molecule has 1 rings (SSSR count). The molecular formula is C8H13F2N3O. The van der Waals surface area contributed by atoms with E-state index in [1.54, 1.807) is 0 Å². The standard InChI is InChI=1S/C8H13F2N3O/c1-2-3-4-13-7(8(9)10)6(5-14)11-12-13/h8,14H,2-5H2,1H3. The van der Waals surface area contributed by atoms with Crippen molar-refractivity contribution in [2.45, 2.75) is 39.3 Å². The van der Waals surface area contributed by atoms with Crippen molar-refractivity contribution in [3.8, 4) is 0 Å². The van der Waals surface area contributed by atoms with Crippen molar-refractivity contribution in [1.29, 1.82) is 0 Å². The largest absolute Gasteiger partial charge is 0.390 e. The Morgan fingerprint density at radius 1 is 1.50 bits per heavy atom. The monoisotopic (exact) mass is 205 g/mol. The van der Waals surface area contributed by atoms with E-state index in [0.29, 0.717) is 6.54 Å². The molecule has 0 amide bonds. The lowest BCUT2D eigenvalue weighted by atomic mass is 10.3. The third-order valence-corrected chi connectivity index (χ3v) is 1.93. The number of halogens is 2. The minimum Gasteiger partial charge on any atom is -0.390 e. The molecular weight excluding hydrogens is 192 g/mol. The van der Waals surface area contributed by atoms with Crippen LogP contribution in [0.15, 0.2) is 0 Å². The maximum atomic E-state index is 12.5. The summed E-state index contributed by atoms with van der Waals surface area (Å²) in [5, 5.41) is 15.8. The van der Waals surface area contributed by atoms with E-state index >= 15 is 0 Å². The van der Waals surface area contributed by atoms with Crippen LogP contribution in [-0.2, 0) is 13.2 Å². The van der Waals surface area contributed by atoms with Crippen LogP contribution in [0, 0.1) is 0 Å². The minimum atomic E-state index is -2.64. The molecule has 0 aliphatic heterocycles. The van der Waals surface area contributed by atoms with Gasteiger partial charge in [0.05, 0.1) is 6.61 Å².